The van der Waals surface area contributed by atoms with E-state index in [9.17, 15) is 14.7 Å². The molecule has 0 radical (unpaired) electrons. The number of ether oxygens (including phenoxy) is 1. The molecule has 1 aliphatic heterocycles. The third-order valence-electron chi connectivity index (χ3n) is 4.98. The second kappa shape index (κ2) is 9.37. The second-order valence-corrected chi connectivity index (χ2v) is 8.31. The molecule has 2 heterocycles. The topological polar surface area (TPSA) is 66.8 Å². The normalized spacial score (nSPS) is 18.8. The van der Waals surface area contributed by atoms with Crippen molar-refractivity contribution >= 4 is 28.8 Å². The summed E-state index contributed by atoms with van der Waals surface area (Å²) in [5, 5.41) is 12.9. The molecule has 1 saturated heterocycles. The van der Waals surface area contributed by atoms with E-state index in [0.717, 1.165) is 16.9 Å². The largest absolute Gasteiger partial charge is 0.507 e. The molecule has 29 heavy (non-hydrogen) atoms. The first-order valence-corrected chi connectivity index (χ1v) is 10.8. The minimum absolute atomic E-state index is 0.115. The highest BCUT2D eigenvalue weighted by Gasteiger charge is 2.46. The molecular weight excluding hydrogens is 386 g/mol. The lowest BCUT2D eigenvalue weighted by Crippen LogP contribution is -2.31. The van der Waals surface area contributed by atoms with E-state index >= 15 is 0 Å². The Bertz CT molecular complexity index is 884. The van der Waals surface area contributed by atoms with Crippen molar-refractivity contribution in [2.45, 2.75) is 45.8 Å². The zero-order valence-corrected chi connectivity index (χ0v) is 17.9. The van der Waals surface area contributed by atoms with Crippen LogP contribution in [0.2, 0.25) is 0 Å². The molecule has 1 N–H and O–H groups in total. The molecule has 0 bridgehead atoms. The van der Waals surface area contributed by atoms with Crippen LogP contribution >= 0.6 is 11.3 Å². The van der Waals surface area contributed by atoms with Gasteiger partial charge in [-0.15, -0.1) is 11.3 Å². The number of ketones is 1. The van der Waals surface area contributed by atoms with Crippen molar-refractivity contribution in [2.75, 3.05) is 13.2 Å². The van der Waals surface area contributed by atoms with Gasteiger partial charge in [-0.2, -0.15) is 0 Å². The van der Waals surface area contributed by atoms with Crippen LogP contribution in [0.5, 0.6) is 0 Å². The summed E-state index contributed by atoms with van der Waals surface area (Å²) in [7, 11) is 0. The lowest BCUT2D eigenvalue weighted by molar-refractivity contribution is -0.140. The van der Waals surface area contributed by atoms with Crippen LogP contribution in [0.1, 0.15) is 49.2 Å². The number of aryl methyl sites for hydroxylation is 1. The van der Waals surface area contributed by atoms with Crippen LogP contribution in [0.4, 0.5) is 0 Å². The fourth-order valence-electron chi connectivity index (χ4n) is 3.46. The van der Waals surface area contributed by atoms with E-state index in [-0.39, 0.29) is 17.4 Å². The molecule has 1 amide bonds. The molecule has 2 aromatic rings. The molecule has 1 aromatic heterocycles. The van der Waals surface area contributed by atoms with Crippen molar-refractivity contribution < 1.29 is 19.4 Å². The predicted octanol–water partition coefficient (Wildman–Crippen LogP) is 4.55. The first kappa shape index (κ1) is 21.3. The SMILES string of the molecule is CCc1ccc(/C(O)=C2/C(=O)C(=O)N(CCCOC(C)C)C2c2cccs2)cc1. The Morgan fingerprint density at radius 2 is 1.93 bits per heavy atom. The smallest absolute Gasteiger partial charge is 0.295 e. The third-order valence-corrected chi connectivity index (χ3v) is 5.91. The van der Waals surface area contributed by atoms with E-state index in [1.165, 1.54) is 11.3 Å². The monoisotopic (exact) mass is 413 g/mol. The Morgan fingerprint density at radius 3 is 2.52 bits per heavy atom. The van der Waals surface area contributed by atoms with Crippen LogP contribution in [0.3, 0.4) is 0 Å². The highest BCUT2D eigenvalue weighted by atomic mass is 32.1. The maximum absolute atomic E-state index is 12.9. The molecule has 6 heteroatoms. The average molecular weight is 414 g/mol. The summed E-state index contributed by atoms with van der Waals surface area (Å²) in [4.78, 5) is 28.1. The number of likely N-dealkylation sites (tertiary alicyclic amines) is 1. The Morgan fingerprint density at radius 1 is 1.21 bits per heavy atom. The van der Waals surface area contributed by atoms with E-state index < -0.39 is 17.7 Å². The van der Waals surface area contributed by atoms with Crippen LogP contribution in [0.15, 0.2) is 47.4 Å². The fraction of sp³-hybridized carbons (Fsp3) is 0.391. The molecular formula is C23H27NO4S. The summed E-state index contributed by atoms with van der Waals surface area (Å²) in [6.45, 7) is 6.88. The Labute approximate surface area is 175 Å². The summed E-state index contributed by atoms with van der Waals surface area (Å²) in [5.74, 6) is -1.32. The van der Waals surface area contributed by atoms with Crippen molar-refractivity contribution in [2.24, 2.45) is 0 Å². The second-order valence-electron chi connectivity index (χ2n) is 7.33. The number of aliphatic hydroxyl groups is 1. The number of hydrogen-bond acceptors (Lipinski definition) is 5. The average Bonchev–Trinajstić information content (AvgIpc) is 3.32. The number of Topliss-reactive ketones (excluding diaryl/α,β-unsaturated/α-hetero) is 1. The number of carbonyl (C=O) groups is 2. The van der Waals surface area contributed by atoms with Crippen molar-refractivity contribution in [1.82, 2.24) is 4.90 Å². The zero-order chi connectivity index (χ0) is 21.0. The fourth-order valence-corrected chi connectivity index (χ4v) is 4.31. The van der Waals surface area contributed by atoms with E-state index in [1.54, 1.807) is 17.0 Å². The minimum atomic E-state index is -0.634. The maximum Gasteiger partial charge on any atom is 0.295 e. The maximum atomic E-state index is 12.9. The van der Waals surface area contributed by atoms with Crippen molar-refractivity contribution in [3.05, 3.63) is 63.4 Å². The number of amides is 1. The summed E-state index contributed by atoms with van der Waals surface area (Å²) in [6.07, 6.45) is 1.63. The van der Waals surface area contributed by atoms with Crippen molar-refractivity contribution in [3.8, 4) is 0 Å². The van der Waals surface area contributed by atoms with Crippen molar-refractivity contribution in [1.29, 1.82) is 0 Å². The third kappa shape index (κ3) is 4.60. The number of benzene rings is 1. The van der Waals surface area contributed by atoms with Crippen LogP contribution in [-0.2, 0) is 20.7 Å². The number of hydrogen-bond donors (Lipinski definition) is 1. The number of nitrogens with zero attached hydrogens (tertiary/aromatic N) is 1. The first-order valence-electron chi connectivity index (χ1n) is 9.96. The van der Waals surface area contributed by atoms with Crippen LogP contribution in [-0.4, -0.2) is 41.0 Å². The molecule has 1 atom stereocenters. The molecule has 3 rings (SSSR count). The van der Waals surface area contributed by atoms with Gasteiger partial charge in [0.25, 0.3) is 11.7 Å². The quantitative estimate of drug-likeness (QED) is 0.298. The predicted molar refractivity (Wildman–Crippen MR) is 115 cm³/mol. The van der Waals surface area contributed by atoms with Gasteiger partial charge in [0.15, 0.2) is 0 Å². The van der Waals surface area contributed by atoms with Crippen LogP contribution < -0.4 is 0 Å². The molecule has 1 aromatic carbocycles. The Hall–Kier alpha value is -2.44. The minimum Gasteiger partial charge on any atom is -0.507 e. The summed E-state index contributed by atoms with van der Waals surface area (Å²) in [6, 6.07) is 10.7. The van der Waals surface area contributed by atoms with Gasteiger partial charge in [-0.3, -0.25) is 9.59 Å². The molecule has 1 aliphatic rings. The van der Waals surface area contributed by atoms with Gasteiger partial charge in [0, 0.05) is 23.6 Å². The summed E-state index contributed by atoms with van der Waals surface area (Å²) < 4.78 is 5.57. The van der Waals surface area contributed by atoms with Gasteiger partial charge >= 0.3 is 0 Å². The molecule has 0 spiro atoms. The Balaban J connectivity index is 1.95. The van der Waals surface area contributed by atoms with Gasteiger partial charge in [-0.1, -0.05) is 37.3 Å². The number of thiophene rings is 1. The highest BCUT2D eigenvalue weighted by molar-refractivity contribution is 7.10. The standard InChI is InChI=1S/C23H27NO4S/c1-4-16-8-10-17(11-9-16)21(25)19-20(18-7-5-14-29-18)24(23(27)22(19)26)12-6-13-28-15(2)3/h5,7-11,14-15,20,25H,4,6,12-13H2,1-3H3/b21-19-. The molecule has 1 unspecified atom stereocenters. The highest BCUT2D eigenvalue weighted by Crippen LogP contribution is 2.41. The van der Waals surface area contributed by atoms with Crippen LogP contribution in [0, 0.1) is 0 Å². The van der Waals surface area contributed by atoms with Gasteiger partial charge in [-0.05, 0) is 43.7 Å². The zero-order valence-electron chi connectivity index (χ0n) is 17.1. The van der Waals surface area contributed by atoms with Crippen molar-refractivity contribution in [3.63, 3.8) is 0 Å². The molecule has 0 saturated carbocycles. The summed E-state index contributed by atoms with van der Waals surface area (Å²) in [5.41, 5.74) is 1.85. The van der Waals surface area contributed by atoms with Gasteiger partial charge in [0.2, 0.25) is 0 Å². The van der Waals surface area contributed by atoms with Gasteiger partial charge in [-0.25, -0.2) is 0 Å². The first-order chi connectivity index (χ1) is 13.9. The number of aliphatic hydroxyl groups excluding tert-OH is 1. The molecule has 0 aliphatic carbocycles. The van der Waals surface area contributed by atoms with Gasteiger partial charge in [0.05, 0.1) is 17.7 Å². The number of rotatable bonds is 8. The molecule has 1 fully saturated rings. The van der Waals surface area contributed by atoms with Crippen LogP contribution in [0.25, 0.3) is 5.76 Å². The van der Waals surface area contributed by atoms with E-state index in [2.05, 4.69) is 6.92 Å². The lowest BCUT2D eigenvalue weighted by atomic mass is 9.99. The number of carbonyl (C=O) groups excluding carboxylic acids is 2. The van der Waals surface area contributed by atoms with E-state index in [1.807, 2.05) is 43.5 Å². The summed E-state index contributed by atoms with van der Waals surface area (Å²) >= 11 is 1.47. The Kier molecular flexibility index (Phi) is 6.87. The molecule has 154 valence electrons. The van der Waals surface area contributed by atoms with Gasteiger partial charge in [0.1, 0.15) is 5.76 Å². The van der Waals surface area contributed by atoms with E-state index in [4.69, 9.17) is 4.74 Å². The molecule has 5 nitrogen and oxygen atoms in total. The van der Waals surface area contributed by atoms with E-state index in [0.29, 0.717) is 25.1 Å². The lowest BCUT2D eigenvalue weighted by Gasteiger charge is -2.24. The van der Waals surface area contributed by atoms with Gasteiger partial charge < -0.3 is 14.7 Å².